The van der Waals surface area contributed by atoms with Crippen molar-refractivity contribution in [2.24, 2.45) is 5.92 Å². The van der Waals surface area contributed by atoms with Crippen molar-refractivity contribution in [3.8, 4) is 17.4 Å². The topological polar surface area (TPSA) is 154 Å². The Morgan fingerprint density at radius 1 is 1.11 bits per heavy atom. The van der Waals surface area contributed by atoms with Gasteiger partial charge in [-0.1, -0.05) is 0 Å². The average molecular weight is 492 g/mol. The molecular weight excluding hydrogens is 468 g/mol. The van der Waals surface area contributed by atoms with Crippen molar-refractivity contribution in [1.82, 2.24) is 15.3 Å². The van der Waals surface area contributed by atoms with Crippen molar-refractivity contribution in [3.05, 3.63) is 81.8 Å². The van der Waals surface area contributed by atoms with E-state index in [1.165, 1.54) is 48.5 Å². The number of nitro groups is 1. The van der Waals surface area contributed by atoms with Crippen molar-refractivity contribution in [3.63, 3.8) is 0 Å². The smallest absolute Gasteiger partial charge is 0.356 e. The molecule has 1 aromatic heterocycles. The van der Waals surface area contributed by atoms with Crippen LogP contribution in [0.5, 0.6) is 17.4 Å². The Hall–Kier alpha value is -4.38. The van der Waals surface area contributed by atoms with E-state index in [0.717, 1.165) is 32.3 Å². The molecule has 1 unspecified atom stereocenters. The highest BCUT2D eigenvalue weighted by Gasteiger charge is 2.33. The molecule has 4 rings (SSSR count). The van der Waals surface area contributed by atoms with Crippen molar-refractivity contribution in [1.29, 1.82) is 0 Å². The molecule has 1 aliphatic heterocycles. The summed E-state index contributed by atoms with van der Waals surface area (Å²) in [4.78, 5) is 43.2. The molecule has 186 valence electrons. The van der Waals surface area contributed by atoms with Crippen molar-refractivity contribution < 1.29 is 29.1 Å². The zero-order valence-corrected chi connectivity index (χ0v) is 19.2. The number of nitrogens with one attached hydrogen (secondary N) is 1. The van der Waals surface area contributed by atoms with Crippen molar-refractivity contribution in [2.45, 2.75) is 25.4 Å². The van der Waals surface area contributed by atoms with Crippen molar-refractivity contribution >= 4 is 17.9 Å². The van der Waals surface area contributed by atoms with Crippen LogP contribution in [0.25, 0.3) is 0 Å². The molecule has 1 saturated heterocycles. The second-order valence-electron chi connectivity index (χ2n) is 8.32. The minimum absolute atomic E-state index is 0.0326. The first-order chi connectivity index (χ1) is 17.5. The molecule has 0 radical (unpaired) electrons. The highest BCUT2D eigenvalue weighted by atomic mass is 16.6. The number of aromatic nitrogens is 2. The lowest BCUT2D eigenvalue weighted by Crippen LogP contribution is -2.29. The van der Waals surface area contributed by atoms with E-state index in [0.29, 0.717) is 17.5 Å². The van der Waals surface area contributed by atoms with Gasteiger partial charge in [-0.2, -0.15) is 4.98 Å². The van der Waals surface area contributed by atoms with Crippen LogP contribution in [0.15, 0.2) is 54.9 Å². The molecule has 0 amide bonds. The van der Waals surface area contributed by atoms with Crippen LogP contribution in [0.1, 0.15) is 47.0 Å². The summed E-state index contributed by atoms with van der Waals surface area (Å²) >= 11 is 0. The van der Waals surface area contributed by atoms with Crippen LogP contribution in [0.2, 0.25) is 0 Å². The monoisotopic (exact) mass is 492 g/mol. The summed E-state index contributed by atoms with van der Waals surface area (Å²) in [6, 6.07) is 11.9. The Labute approximate surface area is 206 Å². The minimum atomic E-state index is -0.915. The average Bonchev–Trinajstić information content (AvgIpc) is 2.89. The molecule has 2 N–H and O–H groups in total. The Bertz CT molecular complexity index is 1230. The molecule has 2 aromatic carbocycles. The zero-order valence-electron chi connectivity index (χ0n) is 19.2. The summed E-state index contributed by atoms with van der Waals surface area (Å²) < 4.78 is 10.9. The van der Waals surface area contributed by atoms with Gasteiger partial charge in [0.05, 0.1) is 4.92 Å². The summed E-state index contributed by atoms with van der Waals surface area (Å²) in [5.41, 5.74) is 0.247. The van der Waals surface area contributed by atoms with E-state index in [4.69, 9.17) is 9.47 Å². The first-order valence-electron chi connectivity index (χ1n) is 11.4. The minimum Gasteiger partial charge on any atom is -0.508 e. The fourth-order valence-corrected chi connectivity index (χ4v) is 4.14. The van der Waals surface area contributed by atoms with Crippen LogP contribution in [-0.2, 0) is 9.53 Å². The lowest BCUT2D eigenvalue weighted by atomic mass is 9.90. The van der Waals surface area contributed by atoms with E-state index in [-0.39, 0.29) is 41.2 Å². The van der Waals surface area contributed by atoms with E-state index in [2.05, 4.69) is 15.3 Å². The number of hydrogen-bond acceptors (Lipinski definition) is 10. The summed E-state index contributed by atoms with van der Waals surface area (Å²) in [5, 5.41) is 24.6. The Morgan fingerprint density at radius 2 is 1.75 bits per heavy atom. The van der Waals surface area contributed by atoms with Gasteiger partial charge in [-0.05, 0) is 86.8 Å². The van der Waals surface area contributed by atoms with E-state index >= 15 is 0 Å². The van der Waals surface area contributed by atoms with Crippen LogP contribution < -0.4 is 10.1 Å². The molecule has 2 heterocycles. The molecule has 11 heteroatoms. The molecule has 1 aliphatic rings. The Morgan fingerprint density at radius 3 is 2.36 bits per heavy atom. The summed E-state index contributed by atoms with van der Waals surface area (Å²) in [7, 11) is 0. The SMILES string of the molecule is O=COC(CC1CCNCC1)c1ncnc(Oc2ccc(C(=O)c3ccc(O)cc3)cc2)c1[N+](=O)[O-]. The first-order valence-corrected chi connectivity index (χ1v) is 11.4. The van der Waals surface area contributed by atoms with E-state index in [1.54, 1.807) is 0 Å². The molecule has 1 atom stereocenters. The number of phenols is 1. The van der Waals surface area contributed by atoms with Gasteiger partial charge < -0.3 is 19.9 Å². The third kappa shape index (κ3) is 5.81. The third-order valence-electron chi connectivity index (χ3n) is 5.99. The second kappa shape index (κ2) is 11.4. The van der Waals surface area contributed by atoms with Gasteiger partial charge in [0.2, 0.25) is 0 Å². The van der Waals surface area contributed by atoms with Gasteiger partial charge in [-0.3, -0.25) is 19.7 Å². The highest BCUT2D eigenvalue weighted by Crippen LogP contribution is 2.38. The number of ketones is 1. The molecular formula is C25H24N4O7. The van der Waals surface area contributed by atoms with Crippen LogP contribution in [0, 0.1) is 16.0 Å². The summed E-state index contributed by atoms with van der Waals surface area (Å²) in [6.45, 7) is 1.91. The quantitative estimate of drug-likeness (QED) is 0.185. The molecule has 3 aromatic rings. The number of piperidine rings is 1. The zero-order chi connectivity index (χ0) is 25.5. The van der Waals surface area contributed by atoms with Gasteiger partial charge in [0.25, 0.3) is 6.47 Å². The largest absolute Gasteiger partial charge is 0.508 e. The predicted molar refractivity (Wildman–Crippen MR) is 127 cm³/mol. The Kier molecular flexibility index (Phi) is 7.81. The van der Waals surface area contributed by atoms with E-state index < -0.39 is 16.7 Å². The standard InChI is InChI=1S/C25H24N4O7/c30-15-35-21(13-16-9-11-26-12-10-16)22-23(29(33)34)25(28-14-27-22)36-20-7-3-18(4-8-20)24(32)17-1-5-19(31)6-2-17/h1-8,14-16,21,26,31H,9-13H2. The van der Waals surface area contributed by atoms with Gasteiger partial charge in [0, 0.05) is 11.1 Å². The predicted octanol–water partition coefficient (Wildman–Crippen LogP) is 3.72. The number of phenolic OH excluding ortho intramolecular Hbond substituents is 1. The fraction of sp³-hybridized carbons (Fsp3) is 0.280. The van der Waals surface area contributed by atoms with Gasteiger partial charge in [-0.25, -0.2) is 4.98 Å². The number of rotatable bonds is 10. The maximum absolute atomic E-state index is 12.6. The summed E-state index contributed by atoms with van der Waals surface area (Å²) in [6.07, 6.45) is 2.32. The number of nitrogens with zero attached hydrogens (tertiary/aromatic N) is 3. The third-order valence-corrected chi connectivity index (χ3v) is 5.99. The fourth-order valence-electron chi connectivity index (χ4n) is 4.14. The Balaban J connectivity index is 1.57. The number of carbonyl (C=O) groups is 2. The number of ether oxygens (including phenoxy) is 2. The maximum atomic E-state index is 12.6. The first kappa shape index (κ1) is 24.7. The number of hydrogen-bond donors (Lipinski definition) is 2. The molecule has 0 bridgehead atoms. The molecule has 11 nitrogen and oxygen atoms in total. The lowest BCUT2D eigenvalue weighted by molar-refractivity contribution is -0.387. The molecule has 1 fully saturated rings. The van der Waals surface area contributed by atoms with Gasteiger partial charge in [0.15, 0.2) is 17.6 Å². The van der Waals surface area contributed by atoms with Crippen LogP contribution in [0.3, 0.4) is 0 Å². The lowest BCUT2D eigenvalue weighted by Gasteiger charge is -2.25. The number of aromatic hydroxyl groups is 1. The normalized spacial score (nSPS) is 14.6. The number of benzene rings is 2. The summed E-state index contributed by atoms with van der Waals surface area (Å²) in [5.74, 6) is -0.0706. The molecule has 0 aliphatic carbocycles. The maximum Gasteiger partial charge on any atom is 0.356 e. The number of carbonyl (C=O) groups excluding carboxylic acids is 2. The molecule has 36 heavy (non-hydrogen) atoms. The molecule has 0 saturated carbocycles. The highest BCUT2D eigenvalue weighted by molar-refractivity contribution is 6.09. The van der Waals surface area contributed by atoms with Crippen LogP contribution >= 0.6 is 0 Å². The van der Waals surface area contributed by atoms with Gasteiger partial charge >= 0.3 is 11.6 Å². The van der Waals surface area contributed by atoms with Gasteiger partial charge in [0.1, 0.15) is 17.8 Å². The van der Waals surface area contributed by atoms with Gasteiger partial charge in [-0.15, -0.1) is 0 Å². The van der Waals surface area contributed by atoms with Crippen LogP contribution in [0.4, 0.5) is 5.69 Å². The molecule has 0 spiro atoms. The van der Waals surface area contributed by atoms with Crippen molar-refractivity contribution in [2.75, 3.05) is 13.1 Å². The van der Waals surface area contributed by atoms with E-state index in [1.807, 2.05) is 0 Å². The van der Waals surface area contributed by atoms with E-state index in [9.17, 15) is 24.8 Å². The van der Waals surface area contributed by atoms with Crippen LogP contribution in [-0.4, -0.2) is 45.3 Å². The second-order valence-corrected chi connectivity index (χ2v) is 8.32.